The summed E-state index contributed by atoms with van der Waals surface area (Å²) in [5, 5.41) is 16.5. The van der Waals surface area contributed by atoms with E-state index in [0.717, 1.165) is 32.2 Å². The number of halogens is 1. The van der Waals surface area contributed by atoms with Crippen LogP contribution in [0.4, 0.5) is 4.39 Å². The molecule has 3 aromatic rings. The first-order chi connectivity index (χ1) is 14.8. The molecular weight excluding hydrogens is 377 g/mol. The van der Waals surface area contributed by atoms with Crippen molar-refractivity contribution in [2.75, 3.05) is 26.8 Å². The van der Waals surface area contributed by atoms with E-state index >= 15 is 0 Å². The molecule has 0 radical (unpaired) electrons. The summed E-state index contributed by atoms with van der Waals surface area (Å²) in [5.41, 5.74) is 3.23. The van der Waals surface area contributed by atoms with Crippen LogP contribution in [-0.2, 0) is 13.0 Å². The molecule has 0 aliphatic carbocycles. The highest BCUT2D eigenvalue weighted by molar-refractivity contribution is 5.25. The monoisotopic (exact) mass is 409 g/mol. The van der Waals surface area contributed by atoms with Crippen molar-refractivity contribution in [2.24, 2.45) is 0 Å². The van der Waals surface area contributed by atoms with Gasteiger partial charge in [0.2, 0.25) is 0 Å². The molecule has 3 aromatic carbocycles. The Balaban J connectivity index is 0.00000155. The van der Waals surface area contributed by atoms with Crippen LogP contribution in [0.5, 0.6) is 0 Å². The number of rotatable bonds is 10. The lowest BCUT2D eigenvalue weighted by Crippen LogP contribution is -2.29. The van der Waals surface area contributed by atoms with Crippen molar-refractivity contribution in [1.82, 2.24) is 4.90 Å². The molecule has 0 bridgehead atoms. The maximum atomic E-state index is 14.2. The molecule has 2 N–H and O–H groups in total. The van der Waals surface area contributed by atoms with Crippen molar-refractivity contribution >= 4 is 0 Å². The third kappa shape index (κ3) is 7.71. The predicted octanol–water partition coefficient (Wildman–Crippen LogP) is 4.65. The van der Waals surface area contributed by atoms with E-state index in [1.54, 1.807) is 6.07 Å². The molecule has 0 saturated heterocycles. The molecule has 160 valence electrons. The fraction of sp³-hybridized carbons (Fsp3) is 0.308. The zero-order valence-corrected chi connectivity index (χ0v) is 17.6. The highest BCUT2D eigenvalue weighted by Crippen LogP contribution is 2.26. The SMILES string of the molecule is CO.OCCN(CC[C@@H](Cc1ccccc1F)c1ccccc1)Cc1ccccc1. The van der Waals surface area contributed by atoms with E-state index in [9.17, 15) is 9.50 Å². The summed E-state index contributed by atoms with van der Waals surface area (Å²) in [4.78, 5) is 2.27. The standard InChI is InChI=1S/C25H28FNO.CH4O/c26-25-14-8-7-13-24(25)19-23(22-11-5-2-6-12-22)15-16-27(17-18-28)20-21-9-3-1-4-10-21;1-2/h1-14,23,28H,15-20H2;2H,1H3/t23-;/m0./s1. The Morgan fingerprint density at radius 1 is 0.800 bits per heavy atom. The van der Waals surface area contributed by atoms with Crippen LogP contribution in [0, 0.1) is 5.82 Å². The highest BCUT2D eigenvalue weighted by Gasteiger charge is 2.16. The molecule has 30 heavy (non-hydrogen) atoms. The summed E-state index contributed by atoms with van der Waals surface area (Å²) in [5.74, 6) is 0.0926. The molecule has 0 fully saturated rings. The number of nitrogens with zero attached hydrogens (tertiary/aromatic N) is 1. The van der Waals surface area contributed by atoms with E-state index in [2.05, 4.69) is 29.2 Å². The fourth-order valence-corrected chi connectivity index (χ4v) is 3.63. The molecule has 0 unspecified atom stereocenters. The molecule has 1 atom stereocenters. The molecule has 0 amide bonds. The summed E-state index contributed by atoms with van der Waals surface area (Å²) < 4.78 is 14.2. The lowest BCUT2D eigenvalue weighted by atomic mass is 9.89. The van der Waals surface area contributed by atoms with Gasteiger partial charge < -0.3 is 10.2 Å². The van der Waals surface area contributed by atoms with E-state index in [1.165, 1.54) is 17.2 Å². The van der Waals surface area contributed by atoms with E-state index in [-0.39, 0.29) is 18.3 Å². The van der Waals surface area contributed by atoms with Crippen molar-refractivity contribution in [2.45, 2.75) is 25.3 Å². The zero-order valence-electron chi connectivity index (χ0n) is 17.6. The van der Waals surface area contributed by atoms with Crippen LogP contribution in [0.2, 0.25) is 0 Å². The van der Waals surface area contributed by atoms with Gasteiger partial charge in [-0.15, -0.1) is 0 Å². The Hall–Kier alpha value is -2.53. The largest absolute Gasteiger partial charge is 0.400 e. The number of aliphatic hydroxyl groups is 2. The molecule has 0 aliphatic heterocycles. The first-order valence-corrected chi connectivity index (χ1v) is 10.4. The minimum absolute atomic E-state index is 0.135. The fourth-order valence-electron chi connectivity index (χ4n) is 3.63. The van der Waals surface area contributed by atoms with Gasteiger partial charge >= 0.3 is 0 Å². The van der Waals surface area contributed by atoms with Gasteiger partial charge in [-0.3, -0.25) is 4.90 Å². The second kappa shape index (κ2) is 13.6. The molecular formula is C26H32FNO2. The predicted molar refractivity (Wildman–Crippen MR) is 121 cm³/mol. The second-order valence-corrected chi connectivity index (χ2v) is 7.18. The lowest BCUT2D eigenvalue weighted by Gasteiger charge is -2.25. The second-order valence-electron chi connectivity index (χ2n) is 7.18. The van der Waals surface area contributed by atoms with Crippen LogP contribution in [0.15, 0.2) is 84.9 Å². The van der Waals surface area contributed by atoms with E-state index in [0.29, 0.717) is 13.0 Å². The third-order valence-electron chi connectivity index (χ3n) is 5.15. The minimum Gasteiger partial charge on any atom is -0.400 e. The highest BCUT2D eigenvalue weighted by atomic mass is 19.1. The molecule has 0 heterocycles. The Kier molecular flexibility index (Phi) is 10.8. The molecule has 4 heteroatoms. The molecule has 3 rings (SSSR count). The zero-order chi connectivity index (χ0) is 21.6. The smallest absolute Gasteiger partial charge is 0.126 e. The van der Waals surface area contributed by atoms with Crippen LogP contribution in [0.1, 0.15) is 29.0 Å². The molecule has 0 saturated carbocycles. The summed E-state index contributed by atoms with van der Waals surface area (Å²) >= 11 is 0. The van der Waals surface area contributed by atoms with Crippen molar-refractivity contribution in [3.63, 3.8) is 0 Å². The molecule has 3 nitrogen and oxygen atoms in total. The Morgan fingerprint density at radius 2 is 1.40 bits per heavy atom. The van der Waals surface area contributed by atoms with Crippen LogP contribution in [-0.4, -0.2) is 41.9 Å². The average Bonchev–Trinajstić information content (AvgIpc) is 2.80. The van der Waals surface area contributed by atoms with Crippen molar-refractivity contribution in [3.05, 3.63) is 107 Å². The summed E-state index contributed by atoms with van der Waals surface area (Å²) in [6.45, 7) is 2.43. The molecule has 0 spiro atoms. The van der Waals surface area contributed by atoms with Gasteiger partial charge in [-0.25, -0.2) is 4.39 Å². The Bertz CT molecular complexity index is 827. The number of benzene rings is 3. The van der Waals surface area contributed by atoms with Gasteiger partial charge in [0.05, 0.1) is 6.61 Å². The number of hydrogen-bond acceptors (Lipinski definition) is 3. The van der Waals surface area contributed by atoms with E-state index in [1.807, 2.05) is 48.5 Å². The van der Waals surface area contributed by atoms with Crippen molar-refractivity contribution < 1.29 is 14.6 Å². The maximum Gasteiger partial charge on any atom is 0.126 e. The van der Waals surface area contributed by atoms with Crippen LogP contribution in [0.25, 0.3) is 0 Å². The number of hydrogen-bond donors (Lipinski definition) is 2. The first kappa shape index (κ1) is 23.7. The first-order valence-electron chi connectivity index (χ1n) is 10.4. The van der Waals surface area contributed by atoms with Crippen LogP contribution in [0.3, 0.4) is 0 Å². The van der Waals surface area contributed by atoms with Gasteiger partial charge in [-0.2, -0.15) is 0 Å². The topological polar surface area (TPSA) is 43.7 Å². The van der Waals surface area contributed by atoms with Gasteiger partial charge in [-0.05, 0) is 48.1 Å². The molecule has 0 aromatic heterocycles. The summed E-state index contributed by atoms with van der Waals surface area (Å²) in [7, 11) is 1.00. The molecule has 0 aliphatic rings. The normalized spacial score (nSPS) is 11.6. The minimum atomic E-state index is -0.139. The lowest BCUT2D eigenvalue weighted by molar-refractivity contribution is 0.185. The van der Waals surface area contributed by atoms with E-state index < -0.39 is 0 Å². The van der Waals surface area contributed by atoms with Crippen LogP contribution < -0.4 is 0 Å². The van der Waals surface area contributed by atoms with E-state index in [4.69, 9.17) is 5.11 Å². The summed E-state index contributed by atoms with van der Waals surface area (Å²) in [6, 6.07) is 27.7. The van der Waals surface area contributed by atoms with Gasteiger partial charge in [0.15, 0.2) is 0 Å². The number of aliphatic hydroxyl groups excluding tert-OH is 2. The average molecular weight is 410 g/mol. The maximum absolute atomic E-state index is 14.2. The van der Waals surface area contributed by atoms with Gasteiger partial charge in [0.25, 0.3) is 0 Å². The Labute approximate surface area is 179 Å². The van der Waals surface area contributed by atoms with Crippen LogP contribution >= 0.6 is 0 Å². The van der Waals surface area contributed by atoms with Crippen molar-refractivity contribution in [3.8, 4) is 0 Å². The van der Waals surface area contributed by atoms with Gasteiger partial charge in [0.1, 0.15) is 5.82 Å². The third-order valence-corrected chi connectivity index (χ3v) is 5.15. The van der Waals surface area contributed by atoms with Crippen molar-refractivity contribution in [1.29, 1.82) is 0 Å². The quantitative estimate of drug-likeness (QED) is 0.512. The van der Waals surface area contributed by atoms with Gasteiger partial charge in [0, 0.05) is 20.2 Å². The van der Waals surface area contributed by atoms with Gasteiger partial charge in [-0.1, -0.05) is 78.9 Å². The summed E-state index contributed by atoms with van der Waals surface area (Å²) in [6.07, 6.45) is 1.58. The Morgan fingerprint density at radius 3 is 2.03 bits per heavy atom.